The van der Waals surface area contributed by atoms with Gasteiger partial charge in [-0.3, -0.25) is 0 Å². The Balaban J connectivity index is 2.25. The molecule has 0 aliphatic heterocycles. The highest BCUT2D eigenvalue weighted by Gasteiger charge is 2.08. The summed E-state index contributed by atoms with van der Waals surface area (Å²) in [4.78, 5) is 2.14. The highest BCUT2D eigenvalue weighted by atomic mass is 79.9. The molecule has 0 heterocycles. The van der Waals surface area contributed by atoms with Crippen molar-refractivity contribution in [3.05, 3.63) is 57.0 Å². The van der Waals surface area contributed by atoms with Gasteiger partial charge in [0.25, 0.3) is 0 Å². The summed E-state index contributed by atoms with van der Waals surface area (Å²) in [6, 6.07) is 14.1. The van der Waals surface area contributed by atoms with Gasteiger partial charge in [0.2, 0.25) is 0 Å². The Kier molecular flexibility index (Phi) is 4.30. The predicted octanol–water partition coefficient (Wildman–Crippen LogP) is 4.43. The molecule has 0 amide bonds. The predicted molar refractivity (Wildman–Crippen MR) is 84.8 cm³/mol. The molecule has 0 unspecified atom stereocenters. The van der Waals surface area contributed by atoms with Crippen molar-refractivity contribution in [3.63, 3.8) is 0 Å². The number of nitrogens with two attached hydrogens (primary N) is 1. The van der Waals surface area contributed by atoms with E-state index in [2.05, 4.69) is 42.8 Å². The van der Waals surface area contributed by atoms with Gasteiger partial charge in [-0.15, -0.1) is 0 Å². The number of hydrogen-bond acceptors (Lipinski definition) is 2. The average molecular weight is 370 g/mol. The summed E-state index contributed by atoms with van der Waals surface area (Å²) in [7, 11) is 2.04. The molecule has 0 saturated heterocycles. The van der Waals surface area contributed by atoms with Crippen LogP contribution >= 0.6 is 31.9 Å². The molecule has 0 bridgehead atoms. The fourth-order valence-electron chi connectivity index (χ4n) is 1.81. The van der Waals surface area contributed by atoms with Crippen molar-refractivity contribution in [3.8, 4) is 0 Å². The van der Waals surface area contributed by atoms with Crippen LogP contribution in [0.4, 0.5) is 11.4 Å². The van der Waals surface area contributed by atoms with E-state index in [9.17, 15) is 0 Å². The third-order valence-corrected chi connectivity index (χ3v) is 4.04. The number of nitrogen functional groups attached to an aromatic ring is 1. The third-order valence-electron chi connectivity index (χ3n) is 2.77. The van der Waals surface area contributed by atoms with Gasteiger partial charge in [-0.05, 0) is 29.8 Å². The summed E-state index contributed by atoms with van der Waals surface area (Å²) in [5.74, 6) is 0. The molecule has 0 radical (unpaired) electrons. The van der Waals surface area contributed by atoms with Crippen molar-refractivity contribution >= 4 is 43.2 Å². The van der Waals surface area contributed by atoms with Crippen molar-refractivity contribution in [2.75, 3.05) is 17.7 Å². The zero-order valence-corrected chi connectivity index (χ0v) is 13.2. The lowest BCUT2D eigenvalue weighted by Gasteiger charge is -2.22. The summed E-state index contributed by atoms with van der Waals surface area (Å²) in [6.45, 7) is 0.808. The quantitative estimate of drug-likeness (QED) is 0.811. The van der Waals surface area contributed by atoms with Gasteiger partial charge in [0.1, 0.15) is 0 Å². The second kappa shape index (κ2) is 5.76. The lowest BCUT2D eigenvalue weighted by Crippen LogP contribution is -2.18. The summed E-state index contributed by atoms with van der Waals surface area (Å²) in [6.07, 6.45) is 0. The molecule has 0 aliphatic rings. The van der Waals surface area contributed by atoms with Crippen LogP contribution in [0.1, 0.15) is 5.56 Å². The van der Waals surface area contributed by atoms with Crippen LogP contribution in [0.3, 0.4) is 0 Å². The lowest BCUT2D eigenvalue weighted by atomic mass is 10.2. The average Bonchev–Trinajstić information content (AvgIpc) is 2.35. The fourth-order valence-corrected chi connectivity index (χ4v) is 2.57. The van der Waals surface area contributed by atoms with Crippen LogP contribution in [0.5, 0.6) is 0 Å². The topological polar surface area (TPSA) is 29.3 Å². The minimum absolute atomic E-state index is 0.785. The van der Waals surface area contributed by atoms with E-state index in [1.54, 1.807) is 0 Å². The van der Waals surface area contributed by atoms with Gasteiger partial charge in [0, 0.05) is 22.5 Å². The second-order valence-electron chi connectivity index (χ2n) is 4.15. The van der Waals surface area contributed by atoms with E-state index in [1.165, 1.54) is 5.56 Å². The maximum Gasteiger partial charge on any atom is 0.0611 e. The Labute approximate surface area is 124 Å². The molecule has 0 aromatic heterocycles. The third kappa shape index (κ3) is 3.06. The molecule has 0 saturated carbocycles. The van der Waals surface area contributed by atoms with E-state index in [0.29, 0.717) is 0 Å². The highest BCUT2D eigenvalue weighted by Crippen LogP contribution is 2.28. The van der Waals surface area contributed by atoms with Crippen molar-refractivity contribution < 1.29 is 0 Å². The molecule has 94 valence electrons. The summed E-state index contributed by atoms with van der Waals surface area (Å²) < 4.78 is 2.15. The van der Waals surface area contributed by atoms with E-state index in [4.69, 9.17) is 5.73 Å². The minimum atomic E-state index is 0.785. The van der Waals surface area contributed by atoms with Gasteiger partial charge in [0.15, 0.2) is 0 Å². The monoisotopic (exact) mass is 368 g/mol. The first-order valence-corrected chi connectivity index (χ1v) is 7.16. The molecule has 2 rings (SSSR count). The van der Waals surface area contributed by atoms with Crippen LogP contribution in [-0.2, 0) is 6.54 Å². The maximum atomic E-state index is 6.01. The first-order chi connectivity index (χ1) is 8.58. The van der Waals surface area contributed by atoms with Crippen LogP contribution in [0, 0.1) is 0 Å². The molecular formula is C14H14Br2N2. The Bertz CT molecular complexity index is 555. The number of hydrogen-bond donors (Lipinski definition) is 1. The van der Waals surface area contributed by atoms with Crippen LogP contribution < -0.4 is 10.6 Å². The lowest BCUT2D eigenvalue weighted by molar-refractivity contribution is 0.919. The highest BCUT2D eigenvalue weighted by molar-refractivity contribution is 9.10. The molecule has 0 spiro atoms. The van der Waals surface area contributed by atoms with E-state index in [-0.39, 0.29) is 0 Å². The molecule has 0 aliphatic carbocycles. The number of anilines is 2. The molecule has 0 atom stereocenters. The van der Waals surface area contributed by atoms with E-state index in [0.717, 1.165) is 26.9 Å². The molecular weight excluding hydrogens is 356 g/mol. The molecule has 2 N–H and O–H groups in total. The van der Waals surface area contributed by atoms with E-state index < -0.39 is 0 Å². The van der Waals surface area contributed by atoms with Gasteiger partial charge in [0.05, 0.1) is 11.4 Å². The van der Waals surface area contributed by atoms with E-state index >= 15 is 0 Å². The smallest absolute Gasteiger partial charge is 0.0611 e. The normalized spacial score (nSPS) is 10.4. The maximum absolute atomic E-state index is 6.01. The first-order valence-electron chi connectivity index (χ1n) is 5.57. The summed E-state index contributed by atoms with van der Waals surface area (Å²) in [5, 5.41) is 0. The molecule has 4 heteroatoms. The van der Waals surface area contributed by atoms with Gasteiger partial charge >= 0.3 is 0 Å². The Morgan fingerprint density at radius 3 is 2.56 bits per heavy atom. The summed E-state index contributed by atoms with van der Waals surface area (Å²) in [5.41, 5.74) is 9.06. The largest absolute Gasteiger partial charge is 0.397 e. The van der Waals surface area contributed by atoms with Crippen molar-refractivity contribution in [2.24, 2.45) is 0 Å². The SMILES string of the molecule is CN(Cc1ccccc1Br)c1cc(Br)ccc1N. The van der Waals surface area contributed by atoms with Crippen molar-refractivity contribution in [2.45, 2.75) is 6.54 Å². The van der Waals surface area contributed by atoms with Gasteiger partial charge in [-0.25, -0.2) is 0 Å². The van der Waals surface area contributed by atoms with Crippen LogP contribution in [0.15, 0.2) is 51.4 Å². The zero-order chi connectivity index (χ0) is 13.1. The van der Waals surface area contributed by atoms with Crippen LogP contribution in [0.25, 0.3) is 0 Å². The van der Waals surface area contributed by atoms with Crippen molar-refractivity contribution in [1.82, 2.24) is 0 Å². The zero-order valence-electron chi connectivity index (χ0n) is 10.0. The molecule has 2 aromatic carbocycles. The Morgan fingerprint density at radius 2 is 1.83 bits per heavy atom. The van der Waals surface area contributed by atoms with Gasteiger partial charge < -0.3 is 10.6 Å². The van der Waals surface area contributed by atoms with Crippen LogP contribution in [0.2, 0.25) is 0 Å². The first kappa shape index (κ1) is 13.4. The van der Waals surface area contributed by atoms with Crippen molar-refractivity contribution in [1.29, 1.82) is 0 Å². The fraction of sp³-hybridized carbons (Fsp3) is 0.143. The Morgan fingerprint density at radius 1 is 1.11 bits per heavy atom. The minimum Gasteiger partial charge on any atom is -0.397 e. The number of halogens is 2. The van der Waals surface area contributed by atoms with E-state index in [1.807, 2.05) is 43.4 Å². The number of benzene rings is 2. The van der Waals surface area contributed by atoms with Gasteiger partial charge in [-0.1, -0.05) is 50.1 Å². The summed E-state index contributed by atoms with van der Waals surface area (Å²) >= 11 is 7.04. The van der Waals surface area contributed by atoms with Gasteiger partial charge in [-0.2, -0.15) is 0 Å². The molecule has 0 fully saturated rings. The molecule has 2 aromatic rings. The number of nitrogens with zero attached hydrogens (tertiary/aromatic N) is 1. The molecule has 2 nitrogen and oxygen atoms in total. The molecule has 18 heavy (non-hydrogen) atoms. The number of rotatable bonds is 3. The Hall–Kier alpha value is -1.00. The van der Waals surface area contributed by atoms with Crippen LogP contribution in [-0.4, -0.2) is 7.05 Å². The standard InChI is InChI=1S/C14H14Br2N2/c1-18(9-10-4-2-3-5-12(10)16)14-8-11(15)6-7-13(14)17/h2-8H,9,17H2,1H3. The second-order valence-corrected chi connectivity index (χ2v) is 5.92.